The Morgan fingerprint density at radius 1 is 1.03 bits per heavy atom. The number of morpholine rings is 1. The van der Waals surface area contributed by atoms with Gasteiger partial charge in [-0.15, -0.1) is 0 Å². The summed E-state index contributed by atoms with van der Waals surface area (Å²) in [6, 6.07) is 15.2. The predicted molar refractivity (Wildman–Crippen MR) is 143 cm³/mol. The molecule has 38 heavy (non-hydrogen) atoms. The van der Waals surface area contributed by atoms with Gasteiger partial charge in [0.2, 0.25) is 5.91 Å². The smallest absolute Gasteiger partial charge is 0.262 e. The zero-order valence-corrected chi connectivity index (χ0v) is 22.2. The van der Waals surface area contributed by atoms with Gasteiger partial charge in [-0.05, 0) is 42.7 Å². The van der Waals surface area contributed by atoms with Crippen LogP contribution >= 0.6 is 0 Å². The van der Waals surface area contributed by atoms with Crippen LogP contribution in [0.25, 0.3) is 0 Å². The molecule has 5 rings (SSSR count). The van der Waals surface area contributed by atoms with Crippen molar-refractivity contribution >= 4 is 17.5 Å². The Morgan fingerprint density at radius 2 is 1.76 bits per heavy atom. The van der Waals surface area contributed by atoms with Crippen LogP contribution in [0.5, 0.6) is 11.5 Å². The third-order valence-corrected chi connectivity index (χ3v) is 7.42. The van der Waals surface area contributed by atoms with Crippen LogP contribution < -0.4 is 9.47 Å². The summed E-state index contributed by atoms with van der Waals surface area (Å²) in [5.41, 5.74) is 2.69. The van der Waals surface area contributed by atoms with Gasteiger partial charge >= 0.3 is 0 Å². The summed E-state index contributed by atoms with van der Waals surface area (Å²) < 4.78 is 16.2. The molecule has 3 aliphatic rings. The number of methoxy groups -OCH3 is 2. The molecule has 1 saturated heterocycles. The normalized spacial score (nSPS) is 19.7. The van der Waals surface area contributed by atoms with Crippen LogP contribution in [0, 0.1) is 5.92 Å². The molecule has 1 aliphatic carbocycles. The molecule has 0 radical (unpaired) electrons. The van der Waals surface area contributed by atoms with Crippen molar-refractivity contribution in [2.24, 2.45) is 11.0 Å². The van der Waals surface area contributed by atoms with Crippen molar-refractivity contribution in [3.8, 4) is 11.5 Å². The number of ether oxygens (including phenoxy) is 3. The van der Waals surface area contributed by atoms with Gasteiger partial charge in [0.1, 0.15) is 18.0 Å². The highest BCUT2D eigenvalue weighted by molar-refractivity contribution is 6.03. The van der Waals surface area contributed by atoms with Gasteiger partial charge in [0.05, 0.1) is 39.2 Å². The number of carbonyl (C=O) groups is 2. The number of nitrogens with zero attached hydrogens (tertiary/aromatic N) is 4. The van der Waals surface area contributed by atoms with Crippen LogP contribution in [0.1, 0.15) is 36.4 Å². The fourth-order valence-corrected chi connectivity index (χ4v) is 4.98. The van der Waals surface area contributed by atoms with E-state index in [9.17, 15) is 9.59 Å². The number of rotatable bonds is 10. The van der Waals surface area contributed by atoms with Gasteiger partial charge in [-0.3, -0.25) is 14.5 Å². The van der Waals surface area contributed by atoms with E-state index in [0.717, 1.165) is 60.8 Å². The molecule has 2 aliphatic heterocycles. The molecule has 1 atom stereocenters. The molecule has 2 aromatic carbocycles. The van der Waals surface area contributed by atoms with E-state index in [0.29, 0.717) is 26.2 Å². The molecule has 2 aromatic rings. The van der Waals surface area contributed by atoms with Gasteiger partial charge in [-0.1, -0.05) is 24.3 Å². The molecule has 0 spiro atoms. The molecule has 0 aromatic heterocycles. The summed E-state index contributed by atoms with van der Waals surface area (Å²) in [5.74, 6) is 1.42. The highest BCUT2D eigenvalue weighted by Gasteiger charge is 2.38. The largest absolute Gasteiger partial charge is 0.497 e. The number of hydrogen-bond donors (Lipinski definition) is 0. The average molecular weight is 521 g/mol. The maximum absolute atomic E-state index is 13.8. The van der Waals surface area contributed by atoms with E-state index in [-0.39, 0.29) is 30.3 Å². The molecular weight excluding hydrogens is 484 g/mol. The molecule has 2 fully saturated rings. The minimum atomic E-state index is -0.272. The predicted octanol–water partition coefficient (Wildman–Crippen LogP) is 2.95. The van der Waals surface area contributed by atoms with E-state index in [1.807, 2.05) is 48.5 Å². The molecule has 0 unspecified atom stereocenters. The first-order chi connectivity index (χ1) is 18.6. The topological polar surface area (TPSA) is 83.9 Å². The van der Waals surface area contributed by atoms with E-state index >= 15 is 0 Å². The summed E-state index contributed by atoms with van der Waals surface area (Å²) >= 11 is 0. The lowest BCUT2D eigenvalue weighted by atomic mass is 9.98. The van der Waals surface area contributed by atoms with Crippen molar-refractivity contribution in [1.29, 1.82) is 0 Å². The van der Waals surface area contributed by atoms with Crippen molar-refractivity contribution in [3.63, 3.8) is 0 Å². The summed E-state index contributed by atoms with van der Waals surface area (Å²) in [6.07, 6.45) is 2.37. The van der Waals surface area contributed by atoms with Crippen LogP contribution in [-0.4, -0.2) is 92.5 Å². The van der Waals surface area contributed by atoms with E-state index < -0.39 is 0 Å². The molecule has 9 heteroatoms. The van der Waals surface area contributed by atoms with Crippen molar-refractivity contribution in [2.75, 3.05) is 60.2 Å². The third kappa shape index (κ3) is 6.16. The Bertz CT molecular complexity index is 1160. The molecule has 0 bridgehead atoms. The van der Waals surface area contributed by atoms with Gasteiger partial charge in [0, 0.05) is 44.1 Å². The first kappa shape index (κ1) is 26.2. The maximum atomic E-state index is 13.8. The molecule has 1 saturated carbocycles. The molecule has 202 valence electrons. The fourth-order valence-electron chi connectivity index (χ4n) is 4.98. The SMILES string of the molecule is COc1ccc([C@H]2CC(c3cccc(OC)c3)=NN2C(=O)CN(CCN2CCOCC2)C(=O)C2CC2)cc1. The summed E-state index contributed by atoms with van der Waals surface area (Å²) in [7, 11) is 3.26. The van der Waals surface area contributed by atoms with Gasteiger partial charge in [-0.2, -0.15) is 5.10 Å². The van der Waals surface area contributed by atoms with Crippen molar-refractivity contribution in [2.45, 2.75) is 25.3 Å². The van der Waals surface area contributed by atoms with Crippen LogP contribution in [0.4, 0.5) is 0 Å². The van der Waals surface area contributed by atoms with Crippen molar-refractivity contribution in [1.82, 2.24) is 14.8 Å². The van der Waals surface area contributed by atoms with E-state index in [1.165, 1.54) is 0 Å². The van der Waals surface area contributed by atoms with Crippen molar-refractivity contribution < 1.29 is 23.8 Å². The number of carbonyl (C=O) groups excluding carboxylic acids is 2. The quantitative estimate of drug-likeness (QED) is 0.479. The zero-order chi connectivity index (χ0) is 26.5. The summed E-state index contributed by atoms with van der Waals surface area (Å²) in [6.45, 7) is 4.37. The van der Waals surface area contributed by atoms with Crippen LogP contribution in [0.2, 0.25) is 0 Å². The van der Waals surface area contributed by atoms with Crippen molar-refractivity contribution in [3.05, 3.63) is 59.7 Å². The first-order valence-electron chi connectivity index (χ1n) is 13.3. The third-order valence-electron chi connectivity index (χ3n) is 7.42. The number of amides is 2. The van der Waals surface area contributed by atoms with Gasteiger partial charge in [0.25, 0.3) is 5.91 Å². The zero-order valence-electron chi connectivity index (χ0n) is 22.2. The second-order valence-electron chi connectivity index (χ2n) is 10.00. The lowest BCUT2D eigenvalue weighted by Crippen LogP contribution is -2.47. The lowest BCUT2D eigenvalue weighted by Gasteiger charge is -2.31. The first-order valence-corrected chi connectivity index (χ1v) is 13.3. The number of hydrogen-bond acceptors (Lipinski definition) is 7. The Morgan fingerprint density at radius 3 is 2.45 bits per heavy atom. The molecule has 9 nitrogen and oxygen atoms in total. The average Bonchev–Trinajstić information content (AvgIpc) is 3.73. The van der Waals surface area contributed by atoms with Crippen LogP contribution in [0.15, 0.2) is 53.6 Å². The molecule has 2 amide bonds. The monoisotopic (exact) mass is 520 g/mol. The van der Waals surface area contributed by atoms with Crippen LogP contribution in [-0.2, 0) is 14.3 Å². The summed E-state index contributed by atoms with van der Waals surface area (Å²) in [5, 5.41) is 6.37. The standard InChI is InChI=1S/C29H36N4O5/c1-36-24-10-8-21(9-11-24)27-19-26(23-4-3-5-25(18-23)37-2)30-33(27)28(34)20-32(29(35)22-6-7-22)13-12-31-14-16-38-17-15-31/h3-5,8-11,18,22,27H,6-7,12-17,19-20H2,1-2H3/t27-/m1/s1. The lowest BCUT2D eigenvalue weighted by molar-refractivity contribution is -0.142. The second kappa shape index (κ2) is 12.0. The van der Waals surface area contributed by atoms with E-state index in [2.05, 4.69) is 4.90 Å². The van der Waals surface area contributed by atoms with Crippen LogP contribution in [0.3, 0.4) is 0 Å². The fraction of sp³-hybridized carbons (Fsp3) is 0.483. The minimum absolute atomic E-state index is 0.0151. The van der Waals surface area contributed by atoms with Gasteiger partial charge < -0.3 is 19.1 Å². The highest BCUT2D eigenvalue weighted by Crippen LogP contribution is 2.35. The van der Waals surface area contributed by atoms with Gasteiger partial charge in [0.15, 0.2) is 0 Å². The van der Waals surface area contributed by atoms with Gasteiger partial charge in [-0.25, -0.2) is 5.01 Å². The Hall–Kier alpha value is -3.43. The molecule has 0 N–H and O–H groups in total. The summed E-state index contributed by atoms with van der Waals surface area (Å²) in [4.78, 5) is 31.0. The Balaban J connectivity index is 1.37. The number of hydrazone groups is 1. The van der Waals surface area contributed by atoms with E-state index in [4.69, 9.17) is 19.3 Å². The molecular formula is C29H36N4O5. The number of benzene rings is 2. The minimum Gasteiger partial charge on any atom is -0.497 e. The molecule has 2 heterocycles. The Kier molecular flexibility index (Phi) is 8.24. The Labute approximate surface area is 223 Å². The maximum Gasteiger partial charge on any atom is 0.262 e. The second-order valence-corrected chi connectivity index (χ2v) is 10.00. The van der Waals surface area contributed by atoms with E-state index in [1.54, 1.807) is 24.1 Å². The highest BCUT2D eigenvalue weighted by atomic mass is 16.5.